The summed E-state index contributed by atoms with van der Waals surface area (Å²) in [6, 6.07) is 0. The quantitative estimate of drug-likeness (QED) is 0.480. The lowest BCUT2D eigenvalue weighted by atomic mass is 9.47. The molecule has 3 nitrogen and oxygen atoms in total. The van der Waals surface area contributed by atoms with Crippen LogP contribution in [0.15, 0.2) is 11.6 Å². The molecule has 29 heavy (non-hydrogen) atoms. The van der Waals surface area contributed by atoms with E-state index in [4.69, 9.17) is 4.74 Å². The first kappa shape index (κ1) is 21.4. The second-order valence-electron chi connectivity index (χ2n) is 11.5. The molecule has 0 heterocycles. The molecule has 0 aliphatic heterocycles. The van der Waals surface area contributed by atoms with Crippen LogP contribution in [-0.2, 0) is 9.53 Å². The highest BCUT2D eigenvalue weighted by Gasteiger charge is 2.60. The largest absolute Gasteiger partial charge is 0.469 e. The lowest BCUT2D eigenvalue weighted by Crippen LogP contribution is -2.53. The van der Waals surface area contributed by atoms with E-state index in [0.29, 0.717) is 35.5 Å². The maximum atomic E-state index is 11.7. The molecule has 4 aliphatic rings. The Bertz CT molecular complexity index is 669. The number of fused-ring (bicyclic) bond motifs is 5. The maximum Gasteiger partial charge on any atom is 0.305 e. The van der Waals surface area contributed by atoms with Crippen LogP contribution in [-0.4, -0.2) is 24.3 Å². The molecule has 4 aliphatic carbocycles. The van der Waals surface area contributed by atoms with E-state index in [2.05, 4.69) is 33.8 Å². The van der Waals surface area contributed by atoms with E-state index in [1.807, 2.05) is 0 Å². The Morgan fingerprint density at radius 1 is 1.24 bits per heavy atom. The van der Waals surface area contributed by atoms with Crippen molar-refractivity contribution >= 4 is 5.97 Å². The van der Waals surface area contributed by atoms with Crippen LogP contribution in [0.1, 0.15) is 85.5 Å². The van der Waals surface area contributed by atoms with Gasteiger partial charge in [-0.25, -0.2) is 0 Å². The molecule has 0 aromatic rings. The third-order valence-electron chi connectivity index (χ3n) is 10.2. The first-order chi connectivity index (χ1) is 13.7. The molecule has 164 valence electrons. The van der Waals surface area contributed by atoms with Gasteiger partial charge in [-0.05, 0) is 92.3 Å². The molecule has 0 spiro atoms. The minimum atomic E-state index is -0.346. The first-order valence-corrected chi connectivity index (χ1v) is 12.2. The van der Waals surface area contributed by atoms with Gasteiger partial charge in [0.05, 0.1) is 13.2 Å². The Kier molecular flexibility index (Phi) is 5.68. The van der Waals surface area contributed by atoms with Crippen LogP contribution in [0.25, 0.3) is 0 Å². The van der Waals surface area contributed by atoms with Crippen LogP contribution in [0.4, 0.5) is 0 Å². The van der Waals surface area contributed by atoms with E-state index >= 15 is 0 Å². The Labute approximate surface area is 177 Å². The number of rotatable bonds is 4. The molecule has 3 saturated carbocycles. The van der Waals surface area contributed by atoms with Crippen LogP contribution in [0.5, 0.6) is 0 Å². The van der Waals surface area contributed by atoms with Crippen LogP contribution in [0.3, 0.4) is 0 Å². The van der Waals surface area contributed by atoms with Gasteiger partial charge >= 0.3 is 5.97 Å². The average molecular weight is 403 g/mol. The smallest absolute Gasteiger partial charge is 0.305 e. The summed E-state index contributed by atoms with van der Waals surface area (Å²) in [6.45, 7) is 9.58. The molecule has 9 atom stereocenters. The lowest BCUT2D eigenvalue weighted by molar-refractivity contribution is -0.141. The molecule has 0 saturated heterocycles. The van der Waals surface area contributed by atoms with E-state index in [1.165, 1.54) is 52.1 Å². The van der Waals surface area contributed by atoms with Crippen molar-refractivity contribution in [3.63, 3.8) is 0 Å². The number of carbonyl (C=O) groups excluding carboxylic acids is 1. The SMILES string of the molecule is COC(=O)CC[C@@H](C)[C@H]1CC[C@H]2[C@@H]3CC[C@@H]4C[C@H](C)CC[C@]4(C)C3=C[C@@H](O)[C@]12C. The zero-order valence-electron chi connectivity index (χ0n) is 19.2. The molecule has 1 N–H and O–H groups in total. The van der Waals surface area contributed by atoms with Crippen molar-refractivity contribution in [3.05, 3.63) is 11.6 Å². The minimum Gasteiger partial charge on any atom is -0.469 e. The van der Waals surface area contributed by atoms with Gasteiger partial charge in [-0.15, -0.1) is 0 Å². The summed E-state index contributed by atoms with van der Waals surface area (Å²) >= 11 is 0. The van der Waals surface area contributed by atoms with E-state index in [-0.39, 0.29) is 17.5 Å². The van der Waals surface area contributed by atoms with Crippen molar-refractivity contribution in [1.29, 1.82) is 0 Å². The average Bonchev–Trinajstić information content (AvgIpc) is 3.06. The van der Waals surface area contributed by atoms with Gasteiger partial charge in [0, 0.05) is 11.8 Å². The molecule has 0 radical (unpaired) electrons. The zero-order valence-corrected chi connectivity index (χ0v) is 19.2. The second-order valence-corrected chi connectivity index (χ2v) is 11.5. The summed E-state index contributed by atoms with van der Waals surface area (Å²) in [7, 11) is 1.47. The van der Waals surface area contributed by atoms with E-state index in [0.717, 1.165) is 18.3 Å². The van der Waals surface area contributed by atoms with Crippen LogP contribution < -0.4 is 0 Å². The van der Waals surface area contributed by atoms with Gasteiger partial charge in [-0.3, -0.25) is 4.79 Å². The lowest BCUT2D eigenvalue weighted by Gasteiger charge is -2.58. The summed E-state index contributed by atoms with van der Waals surface area (Å²) in [5.41, 5.74) is 1.89. The van der Waals surface area contributed by atoms with Gasteiger partial charge in [0.2, 0.25) is 0 Å². The predicted octanol–water partition coefficient (Wildman–Crippen LogP) is 5.76. The summed E-state index contributed by atoms with van der Waals surface area (Å²) in [6.07, 6.45) is 12.5. The number of aliphatic hydroxyl groups excluding tert-OH is 1. The van der Waals surface area contributed by atoms with Crippen molar-refractivity contribution in [2.45, 2.75) is 91.6 Å². The third kappa shape index (κ3) is 3.30. The van der Waals surface area contributed by atoms with Gasteiger partial charge in [-0.1, -0.05) is 39.3 Å². The number of hydrogen-bond donors (Lipinski definition) is 1. The van der Waals surface area contributed by atoms with Gasteiger partial charge < -0.3 is 9.84 Å². The molecule has 0 amide bonds. The van der Waals surface area contributed by atoms with Gasteiger partial charge in [0.25, 0.3) is 0 Å². The maximum absolute atomic E-state index is 11.7. The molecular weight excluding hydrogens is 360 g/mol. The number of esters is 1. The fourth-order valence-corrected chi connectivity index (χ4v) is 8.35. The van der Waals surface area contributed by atoms with Crippen molar-refractivity contribution in [2.24, 2.45) is 46.3 Å². The Morgan fingerprint density at radius 2 is 2.00 bits per heavy atom. The number of ether oxygens (including phenoxy) is 1. The highest BCUT2D eigenvalue weighted by molar-refractivity contribution is 5.69. The minimum absolute atomic E-state index is 0.0468. The highest BCUT2D eigenvalue weighted by Crippen LogP contribution is 2.66. The second kappa shape index (κ2) is 7.70. The van der Waals surface area contributed by atoms with E-state index in [1.54, 1.807) is 5.57 Å². The third-order valence-corrected chi connectivity index (χ3v) is 10.2. The van der Waals surface area contributed by atoms with Crippen LogP contribution in [0.2, 0.25) is 0 Å². The van der Waals surface area contributed by atoms with Crippen LogP contribution >= 0.6 is 0 Å². The van der Waals surface area contributed by atoms with E-state index in [9.17, 15) is 9.90 Å². The normalized spacial score (nSPS) is 47.4. The van der Waals surface area contributed by atoms with Gasteiger partial charge in [0.15, 0.2) is 0 Å². The molecule has 3 heteroatoms. The van der Waals surface area contributed by atoms with Crippen molar-refractivity contribution in [1.82, 2.24) is 0 Å². The number of carbonyl (C=O) groups is 1. The molecule has 0 unspecified atom stereocenters. The van der Waals surface area contributed by atoms with E-state index < -0.39 is 0 Å². The highest BCUT2D eigenvalue weighted by atomic mass is 16.5. The first-order valence-electron chi connectivity index (χ1n) is 12.2. The Morgan fingerprint density at radius 3 is 2.72 bits per heavy atom. The topological polar surface area (TPSA) is 46.5 Å². The molecule has 3 fully saturated rings. The fraction of sp³-hybridized carbons (Fsp3) is 0.885. The summed E-state index contributed by atoms with van der Waals surface area (Å²) < 4.78 is 4.86. The predicted molar refractivity (Wildman–Crippen MR) is 116 cm³/mol. The molecule has 0 aromatic carbocycles. The van der Waals surface area contributed by atoms with Crippen molar-refractivity contribution in [2.75, 3.05) is 7.11 Å². The Balaban J connectivity index is 1.59. The molecular formula is C26H42O3. The van der Waals surface area contributed by atoms with Gasteiger partial charge in [0.1, 0.15) is 0 Å². The number of allylic oxidation sites excluding steroid dienone is 1. The monoisotopic (exact) mass is 402 g/mol. The Hall–Kier alpha value is -0.830. The number of methoxy groups -OCH3 is 1. The van der Waals surface area contributed by atoms with Crippen molar-refractivity contribution < 1.29 is 14.6 Å². The van der Waals surface area contributed by atoms with Crippen molar-refractivity contribution in [3.8, 4) is 0 Å². The molecule has 0 aromatic heterocycles. The van der Waals surface area contributed by atoms with Gasteiger partial charge in [-0.2, -0.15) is 0 Å². The summed E-state index contributed by atoms with van der Waals surface area (Å²) in [5, 5.41) is 11.5. The zero-order chi connectivity index (χ0) is 21.0. The molecule has 0 bridgehead atoms. The fourth-order valence-electron chi connectivity index (χ4n) is 8.35. The standard InChI is InChI=1S/C26H42O3/c1-16-12-13-25(3)18(14-16)7-8-19-21-10-9-20(17(2)6-11-24(28)29-5)26(21,4)23(27)15-22(19)25/h15-21,23,27H,6-14H2,1-5H3/t16-,17-,18-,19+,20-,21+,23-,25+,26-/m1/s1. The van der Waals surface area contributed by atoms with Crippen LogP contribution in [0, 0.1) is 46.3 Å². The number of aliphatic hydroxyl groups is 1. The summed E-state index contributed by atoms with van der Waals surface area (Å²) in [5.74, 6) is 3.74. The number of hydrogen-bond acceptors (Lipinski definition) is 3. The molecule has 4 rings (SSSR count). The summed E-state index contributed by atoms with van der Waals surface area (Å²) in [4.78, 5) is 11.7.